The molecule has 0 unspecified atom stereocenters. The first kappa shape index (κ1) is 24.2. The fourth-order valence-corrected chi connectivity index (χ4v) is 4.99. The van der Waals surface area contributed by atoms with Gasteiger partial charge in [-0.05, 0) is 47.8 Å². The molecule has 1 aliphatic carbocycles. The first-order valence-electron chi connectivity index (χ1n) is 11.3. The van der Waals surface area contributed by atoms with Gasteiger partial charge in [0.25, 0.3) is 11.5 Å². The lowest BCUT2D eigenvalue weighted by atomic mass is 9.75. The van der Waals surface area contributed by atoms with Gasteiger partial charge >= 0.3 is 11.9 Å². The number of nitrogens with zero attached hydrogens (tertiary/aromatic N) is 2. The highest BCUT2D eigenvalue weighted by Gasteiger charge is 2.45. The molecule has 4 rings (SSSR count). The van der Waals surface area contributed by atoms with Gasteiger partial charge in [-0.3, -0.25) is 14.9 Å². The van der Waals surface area contributed by atoms with Gasteiger partial charge in [0, 0.05) is 55.8 Å². The molecule has 10 heteroatoms. The van der Waals surface area contributed by atoms with Crippen molar-refractivity contribution in [1.29, 1.82) is 0 Å². The topological polar surface area (TPSA) is 142 Å². The van der Waals surface area contributed by atoms with E-state index in [2.05, 4.69) is 0 Å². The van der Waals surface area contributed by atoms with Gasteiger partial charge in [-0.15, -0.1) is 0 Å². The van der Waals surface area contributed by atoms with E-state index in [-0.39, 0.29) is 17.7 Å². The van der Waals surface area contributed by atoms with Crippen molar-refractivity contribution in [1.82, 2.24) is 4.90 Å². The fraction of sp³-hybridized carbons (Fsp3) is 0.400. The number of ether oxygens (including phenoxy) is 2. The molecule has 2 N–H and O–H groups in total. The Kier molecular flexibility index (Phi) is 5.78. The molecule has 10 nitrogen and oxygen atoms in total. The van der Waals surface area contributed by atoms with E-state index < -0.39 is 34.0 Å². The van der Waals surface area contributed by atoms with Crippen molar-refractivity contribution in [2.75, 3.05) is 6.54 Å². The summed E-state index contributed by atoms with van der Waals surface area (Å²) < 4.78 is 10.4. The van der Waals surface area contributed by atoms with Gasteiger partial charge in [0.2, 0.25) is 5.91 Å². The lowest BCUT2D eigenvalue weighted by Crippen LogP contribution is -2.41. The van der Waals surface area contributed by atoms with Crippen LogP contribution in [-0.2, 0) is 30.3 Å². The molecule has 1 amide bonds. The SMILES string of the molecule is CC1(C)OC(=O)C(=C/C=C2\N(CCC(N)=O)C3=C(c4ccc([N+](=O)[O-])cc4CC3)C2(C)C)C(=O)O1. The number of nitro benzene ring substituents is 1. The Morgan fingerprint density at radius 1 is 1.14 bits per heavy atom. The molecule has 2 heterocycles. The summed E-state index contributed by atoms with van der Waals surface area (Å²) in [6.07, 6.45) is 4.36. The molecule has 184 valence electrons. The van der Waals surface area contributed by atoms with E-state index >= 15 is 0 Å². The van der Waals surface area contributed by atoms with Crippen LogP contribution in [0.2, 0.25) is 0 Å². The molecule has 3 aliphatic rings. The van der Waals surface area contributed by atoms with Gasteiger partial charge in [0.1, 0.15) is 5.57 Å². The number of benzene rings is 1. The van der Waals surface area contributed by atoms with Crippen LogP contribution >= 0.6 is 0 Å². The number of allylic oxidation sites excluding steroid dienone is 4. The first-order valence-corrected chi connectivity index (χ1v) is 11.3. The summed E-state index contributed by atoms with van der Waals surface area (Å²) >= 11 is 0. The molecule has 1 aromatic rings. The summed E-state index contributed by atoms with van der Waals surface area (Å²) in [5.41, 5.74) is 9.13. The Balaban J connectivity index is 1.80. The zero-order chi connectivity index (χ0) is 25.7. The second kappa shape index (κ2) is 8.37. The molecule has 0 atom stereocenters. The third kappa shape index (κ3) is 4.31. The quantitative estimate of drug-likeness (QED) is 0.222. The number of nitro groups is 1. The minimum absolute atomic E-state index is 0.0342. The predicted molar refractivity (Wildman–Crippen MR) is 125 cm³/mol. The molecule has 0 aromatic heterocycles. The van der Waals surface area contributed by atoms with Crippen molar-refractivity contribution in [2.45, 2.75) is 52.7 Å². The number of non-ortho nitro benzene ring substituents is 1. The van der Waals surface area contributed by atoms with Crippen molar-refractivity contribution in [3.8, 4) is 0 Å². The van der Waals surface area contributed by atoms with E-state index in [0.717, 1.165) is 28.1 Å². The Hall–Kier alpha value is -3.95. The van der Waals surface area contributed by atoms with Crippen molar-refractivity contribution < 1.29 is 28.8 Å². The lowest BCUT2D eigenvalue weighted by Gasteiger charge is -2.30. The lowest BCUT2D eigenvalue weighted by molar-refractivity contribution is -0.384. The number of aryl methyl sites for hydroxylation is 1. The highest BCUT2D eigenvalue weighted by atomic mass is 16.7. The number of primary amides is 1. The second-order valence-corrected chi connectivity index (χ2v) is 9.72. The molecule has 0 bridgehead atoms. The number of fused-ring (bicyclic) bond motifs is 2. The van der Waals surface area contributed by atoms with Crippen LogP contribution in [0.1, 0.15) is 51.7 Å². The van der Waals surface area contributed by atoms with Gasteiger partial charge in [-0.1, -0.05) is 13.8 Å². The third-order valence-electron chi connectivity index (χ3n) is 6.48. The Labute approximate surface area is 202 Å². The molecular weight excluding hydrogens is 454 g/mol. The summed E-state index contributed by atoms with van der Waals surface area (Å²) in [7, 11) is 0. The fourth-order valence-electron chi connectivity index (χ4n) is 4.99. The number of esters is 2. The van der Waals surface area contributed by atoms with Crippen molar-refractivity contribution >= 4 is 29.1 Å². The van der Waals surface area contributed by atoms with Gasteiger partial charge in [-0.2, -0.15) is 0 Å². The summed E-state index contributed by atoms with van der Waals surface area (Å²) in [4.78, 5) is 49.3. The van der Waals surface area contributed by atoms with Gasteiger partial charge < -0.3 is 20.1 Å². The summed E-state index contributed by atoms with van der Waals surface area (Å²) in [6.45, 7) is 7.26. The largest absolute Gasteiger partial charge is 0.419 e. The minimum atomic E-state index is -1.34. The van der Waals surface area contributed by atoms with Crippen molar-refractivity contribution in [2.24, 2.45) is 11.1 Å². The molecule has 0 spiro atoms. The highest BCUT2D eigenvalue weighted by molar-refractivity contribution is 6.15. The maximum atomic E-state index is 12.4. The van der Waals surface area contributed by atoms with Crippen LogP contribution in [0.25, 0.3) is 5.57 Å². The number of carbonyl (C=O) groups excluding carboxylic acids is 3. The zero-order valence-electron chi connectivity index (χ0n) is 20.0. The molecule has 1 fully saturated rings. The van der Waals surface area contributed by atoms with Crippen LogP contribution in [0.5, 0.6) is 0 Å². The Bertz CT molecular complexity index is 1230. The van der Waals surface area contributed by atoms with Crippen LogP contribution < -0.4 is 5.73 Å². The summed E-state index contributed by atoms with van der Waals surface area (Å²) in [6, 6.07) is 4.84. The van der Waals surface area contributed by atoms with E-state index in [1.807, 2.05) is 18.7 Å². The molecule has 0 saturated carbocycles. The van der Waals surface area contributed by atoms with Gasteiger partial charge in [0.05, 0.1) is 4.92 Å². The number of cyclic esters (lactones) is 2. The number of hydrogen-bond donors (Lipinski definition) is 1. The first-order chi connectivity index (χ1) is 16.3. The van der Waals surface area contributed by atoms with Crippen LogP contribution in [0.4, 0.5) is 5.69 Å². The number of hydrogen-bond acceptors (Lipinski definition) is 8. The molecule has 0 radical (unpaired) electrons. The normalized spacial score (nSPS) is 21.3. The highest BCUT2D eigenvalue weighted by Crippen LogP contribution is 2.55. The average molecular weight is 482 g/mol. The monoisotopic (exact) mass is 481 g/mol. The molecule has 1 aromatic carbocycles. The maximum Gasteiger partial charge on any atom is 0.348 e. The zero-order valence-corrected chi connectivity index (χ0v) is 20.0. The van der Waals surface area contributed by atoms with Gasteiger partial charge in [0.15, 0.2) is 0 Å². The molecule has 35 heavy (non-hydrogen) atoms. The third-order valence-corrected chi connectivity index (χ3v) is 6.48. The summed E-state index contributed by atoms with van der Waals surface area (Å²) in [5, 5.41) is 11.3. The van der Waals surface area contributed by atoms with Crippen LogP contribution in [0.3, 0.4) is 0 Å². The Morgan fingerprint density at radius 3 is 2.40 bits per heavy atom. The summed E-state index contributed by atoms with van der Waals surface area (Å²) in [5.74, 6) is -3.36. The Morgan fingerprint density at radius 2 is 1.80 bits per heavy atom. The van der Waals surface area contributed by atoms with Gasteiger partial charge in [-0.25, -0.2) is 9.59 Å². The maximum absolute atomic E-state index is 12.4. The van der Waals surface area contributed by atoms with E-state index in [0.29, 0.717) is 19.4 Å². The van der Waals surface area contributed by atoms with E-state index in [1.165, 1.54) is 26.0 Å². The number of amides is 1. The number of rotatable bonds is 5. The number of carbonyl (C=O) groups is 3. The standard InChI is InChI=1S/C25H27N3O7/c1-24(2)19(10-8-17-22(30)34-25(3,4)35-23(17)31)27(12-11-20(26)29)18-9-5-14-13-15(28(32)33)6-7-16(14)21(18)24/h6-8,10,13H,5,9,11-12H2,1-4H3,(H2,26,29)/b19-10-. The minimum Gasteiger partial charge on any atom is -0.419 e. The van der Waals surface area contributed by atoms with E-state index in [4.69, 9.17) is 15.2 Å². The second-order valence-electron chi connectivity index (χ2n) is 9.72. The smallest absolute Gasteiger partial charge is 0.348 e. The predicted octanol–water partition coefficient (Wildman–Crippen LogP) is 3.12. The van der Waals surface area contributed by atoms with Crippen LogP contribution in [-0.4, -0.2) is 40.0 Å². The van der Waals surface area contributed by atoms with Crippen LogP contribution in [0, 0.1) is 15.5 Å². The molecule has 1 saturated heterocycles. The van der Waals surface area contributed by atoms with Crippen molar-refractivity contribution in [3.63, 3.8) is 0 Å². The molecular formula is C25H27N3O7. The average Bonchev–Trinajstić information content (AvgIpc) is 2.96. The van der Waals surface area contributed by atoms with E-state index in [1.54, 1.807) is 18.2 Å². The molecule has 2 aliphatic heterocycles. The van der Waals surface area contributed by atoms with Crippen molar-refractivity contribution in [3.05, 3.63) is 68.6 Å². The number of nitrogens with two attached hydrogens (primary N) is 1. The van der Waals surface area contributed by atoms with Crippen LogP contribution in [0.15, 0.2) is 47.3 Å². The van der Waals surface area contributed by atoms with E-state index in [9.17, 15) is 24.5 Å².